The summed E-state index contributed by atoms with van der Waals surface area (Å²) in [5, 5.41) is 10.6. The van der Waals surface area contributed by atoms with Crippen molar-refractivity contribution in [1.82, 2.24) is 4.98 Å². The summed E-state index contributed by atoms with van der Waals surface area (Å²) in [6.07, 6.45) is 11.2. The first-order valence-electron chi connectivity index (χ1n) is 13.4. The topological polar surface area (TPSA) is 70.5 Å². The molecule has 0 unspecified atom stereocenters. The predicted molar refractivity (Wildman–Crippen MR) is 152 cm³/mol. The van der Waals surface area contributed by atoms with Gasteiger partial charge in [-0.05, 0) is 96.3 Å². The van der Waals surface area contributed by atoms with Gasteiger partial charge in [0, 0.05) is 39.9 Å². The molecule has 2 heterocycles. The number of hydrogen-bond acceptors (Lipinski definition) is 5. The smallest absolute Gasteiger partial charge is 0.348 e. The van der Waals surface area contributed by atoms with Gasteiger partial charge in [-0.25, -0.2) is 4.79 Å². The Morgan fingerprint density at radius 3 is 2.30 bits per heavy atom. The van der Waals surface area contributed by atoms with Crippen molar-refractivity contribution >= 4 is 40.7 Å². The van der Waals surface area contributed by atoms with E-state index in [9.17, 15) is 14.7 Å². The Bertz CT molecular complexity index is 1140. The summed E-state index contributed by atoms with van der Waals surface area (Å²) in [4.78, 5) is 34.6. The van der Waals surface area contributed by atoms with Crippen molar-refractivity contribution in [3.63, 3.8) is 0 Å². The monoisotopic (exact) mass is 538 g/mol. The van der Waals surface area contributed by atoms with Crippen LogP contribution < -0.4 is 4.90 Å². The molecular formula is C30H38N2O3S2. The van der Waals surface area contributed by atoms with Crippen LogP contribution >= 0.6 is 23.1 Å². The summed E-state index contributed by atoms with van der Waals surface area (Å²) >= 11 is 3.07. The fourth-order valence-electron chi connectivity index (χ4n) is 5.25. The molecule has 0 aromatic carbocycles. The number of thioether (sulfide) groups is 1. The molecule has 1 N–H and O–H groups in total. The minimum atomic E-state index is -0.985. The summed E-state index contributed by atoms with van der Waals surface area (Å²) in [6.45, 7) is 8.36. The highest BCUT2D eigenvalue weighted by atomic mass is 32.2. The molecule has 0 radical (unpaired) electrons. The van der Waals surface area contributed by atoms with Gasteiger partial charge < -0.3 is 10.0 Å². The lowest BCUT2D eigenvalue weighted by Gasteiger charge is -2.39. The molecule has 0 aliphatic heterocycles. The standard InChI is InChI=1S/C30H38N2O3S2/c1-20-5-7-21(8-6-20)28(33)32(22-9-11-23(12-10-22)36-24-14-17-31-18-15-24)26-19-25(13-16-30(2,3)4)37-27(26)29(34)35/h14-15,17-23H,5-12H2,1-4H3,(H,34,35). The third-order valence-electron chi connectivity index (χ3n) is 7.29. The molecule has 37 heavy (non-hydrogen) atoms. The summed E-state index contributed by atoms with van der Waals surface area (Å²) in [5.41, 5.74) is 0.358. The van der Waals surface area contributed by atoms with Crippen molar-refractivity contribution in [1.29, 1.82) is 0 Å². The zero-order valence-electron chi connectivity index (χ0n) is 22.3. The number of anilines is 1. The van der Waals surface area contributed by atoms with Crippen molar-refractivity contribution in [3.8, 4) is 11.8 Å². The third-order valence-corrected chi connectivity index (χ3v) is 9.67. The maximum atomic E-state index is 14.1. The number of carbonyl (C=O) groups is 2. The maximum absolute atomic E-state index is 14.1. The van der Waals surface area contributed by atoms with Crippen LogP contribution in [-0.2, 0) is 4.79 Å². The van der Waals surface area contributed by atoms with Crippen LogP contribution in [0.1, 0.15) is 93.6 Å². The van der Waals surface area contributed by atoms with Gasteiger partial charge >= 0.3 is 5.97 Å². The molecule has 2 aliphatic rings. The summed E-state index contributed by atoms with van der Waals surface area (Å²) in [5.74, 6) is 6.12. The number of pyridine rings is 1. The second-order valence-electron chi connectivity index (χ2n) is 11.5. The first-order chi connectivity index (χ1) is 17.6. The average Bonchev–Trinajstić information content (AvgIpc) is 3.29. The summed E-state index contributed by atoms with van der Waals surface area (Å²) in [7, 11) is 0. The molecule has 2 fully saturated rings. The van der Waals surface area contributed by atoms with Crippen LogP contribution in [0.15, 0.2) is 35.5 Å². The van der Waals surface area contributed by atoms with Crippen LogP contribution in [0.5, 0.6) is 0 Å². The SMILES string of the molecule is CC1CCC(C(=O)N(c2cc(C#CC(C)(C)C)sc2C(=O)O)C2CCC(Sc3ccncc3)CC2)CC1. The van der Waals surface area contributed by atoms with Crippen LogP contribution in [0.2, 0.25) is 0 Å². The molecule has 7 heteroatoms. The van der Waals surface area contributed by atoms with E-state index < -0.39 is 5.97 Å². The largest absolute Gasteiger partial charge is 0.477 e. The van der Waals surface area contributed by atoms with E-state index in [-0.39, 0.29) is 28.2 Å². The highest BCUT2D eigenvalue weighted by Gasteiger charge is 2.37. The molecule has 4 rings (SSSR count). The predicted octanol–water partition coefficient (Wildman–Crippen LogP) is 7.50. The quantitative estimate of drug-likeness (QED) is 0.386. The molecule has 1 amide bonds. The number of hydrogen-bond donors (Lipinski definition) is 1. The Morgan fingerprint density at radius 1 is 1.05 bits per heavy atom. The van der Waals surface area contributed by atoms with E-state index in [0.717, 1.165) is 51.4 Å². The highest BCUT2D eigenvalue weighted by Crippen LogP contribution is 2.41. The Hall–Kier alpha value is -2.30. The van der Waals surface area contributed by atoms with Crippen molar-refractivity contribution in [3.05, 3.63) is 40.3 Å². The Labute approximate surface area is 229 Å². The molecule has 0 spiro atoms. The van der Waals surface area contributed by atoms with Gasteiger partial charge in [-0.3, -0.25) is 9.78 Å². The lowest BCUT2D eigenvalue weighted by atomic mass is 9.81. The van der Waals surface area contributed by atoms with Gasteiger partial charge in [-0.2, -0.15) is 0 Å². The second kappa shape index (κ2) is 12.0. The van der Waals surface area contributed by atoms with E-state index in [4.69, 9.17) is 0 Å². The minimum absolute atomic E-state index is 0.0114. The normalized spacial score (nSPS) is 24.1. The average molecular weight is 539 g/mol. The third kappa shape index (κ3) is 7.39. The van der Waals surface area contributed by atoms with Crippen LogP contribution in [0.25, 0.3) is 0 Å². The number of nitrogens with zero attached hydrogens (tertiary/aromatic N) is 2. The second-order valence-corrected chi connectivity index (χ2v) is 14.0. The van der Waals surface area contributed by atoms with Gasteiger partial charge in [0.05, 0.1) is 10.6 Å². The molecule has 0 saturated heterocycles. The fraction of sp³-hybridized carbons (Fsp3) is 0.567. The zero-order valence-corrected chi connectivity index (χ0v) is 24.0. The van der Waals surface area contributed by atoms with Gasteiger partial charge in [0.2, 0.25) is 5.91 Å². The van der Waals surface area contributed by atoms with Gasteiger partial charge in [0.25, 0.3) is 0 Å². The van der Waals surface area contributed by atoms with E-state index in [2.05, 4.69) is 23.7 Å². The summed E-state index contributed by atoms with van der Waals surface area (Å²) in [6, 6.07) is 5.95. The minimum Gasteiger partial charge on any atom is -0.477 e. The Morgan fingerprint density at radius 2 is 1.70 bits per heavy atom. The number of carbonyl (C=O) groups excluding carboxylic acids is 1. The highest BCUT2D eigenvalue weighted by molar-refractivity contribution is 8.00. The van der Waals surface area contributed by atoms with Crippen LogP contribution in [-0.4, -0.2) is 33.3 Å². The van der Waals surface area contributed by atoms with Crippen molar-refractivity contribution in [2.75, 3.05) is 4.90 Å². The Balaban J connectivity index is 1.61. The number of aromatic nitrogens is 1. The van der Waals surface area contributed by atoms with E-state index in [1.807, 2.05) is 68.0 Å². The number of aromatic carboxylic acids is 1. The number of carboxylic acid groups (broad SMARTS) is 1. The van der Waals surface area contributed by atoms with Gasteiger partial charge in [0.15, 0.2) is 0 Å². The van der Waals surface area contributed by atoms with E-state index >= 15 is 0 Å². The molecule has 2 saturated carbocycles. The first-order valence-corrected chi connectivity index (χ1v) is 15.1. The van der Waals surface area contributed by atoms with Gasteiger partial charge in [-0.15, -0.1) is 23.1 Å². The summed E-state index contributed by atoms with van der Waals surface area (Å²) < 4.78 is 0. The molecular weight excluding hydrogens is 500 g/mol. The van der Waals surface area contributed by atoms with Crippen LogP contribution in [0.4, 0.5) is 5.69 Å². The molecule has 2 aromatic rings. The maximum Gasteiger partial charge on any atom is 0.348 e. The van der Waals surface area contributed by atoms with E-state index in [1.165, 1.54) is 16.2 Å². The van der Waals surface area contributed by atoms with Gasteiger partial charge in [0.1, 0.15) is 4.88 Å². The Kier molecular flexibility index (Phi) is 9.03. The fourth-order valence-corrected chi connectivity index (χ4v) is 7.27. The molecule has 0 atom stereocenters. The van der Waals surface area contributed by atoms with E-state index in [1.54, 1.807) is 0 Å². The van der Waals surface area contributed by atoms with Crippen molar-refractivity contribution < 1.29 is 14.7 Å². The number of carboxylic acids is 1. The lowest BCUT2D eigenvalue weighted by molar-refractivity contribution is -0.124. The van der Waals surface area contributed by atoms with Crippen molar-refractivity contribution in [2.45, 2.75) is 95.2 Å². The van der Waals surface area contributed by atoms with E-state index in [0.29, 0.717) is 21.7 Å². The zero-order chi connectivity index (χ0) is 26.6. The number of thiophene rings is 1. The van der Waals surface area contributed by atoms with Crippen LogP contribution in [0, 0.1) is 29.1 Å². The molecule has 0 bridgehead atoms. The molecule has 198 valence electrons. The molecule has 2 aliphatic carbocycles. The van der Waals surface area contributed by atoms with Crippen molar-refractivity contribution in [2.24, 2.45) is 17.3 Å². The molecule has 2 aromatic heterocycles. The number of rotatable bonds is 6. The molecule has 5 nitrogen and oxygen atoms in total. The number of amides is 1. The van der Waals surface area contributed by atoms with Crippen LogP contribution in [0.3, 0.4) is 0 Å². The lowest BCUT2D eigenvalue weighted by Crippen LogP contribution is -2.46. The first kappa shape index (κ1) is 27.7. The van der Waals surface area contributed by atoms with Gasteiger partial charge in [-0.1, -0.05) is 18.8 Å².